The number of hydrogen-bond donors (Lipinski definition) is 0. The third-order valence-electron chi connectivity index (χ3n) is 6.51. The number of rotatable bonds is 4. The van der Waals surface area contributed by atoms with E-state index in [1.807, 2.05) is 78.9 Å². The summed E-state index contributed by atoms with van der Waals surface area (Å²) in [5.74, 6) is 0. The average Bonchev–Trinajstić information content (AvgIpc) is 2.98. The van der Waals surface area contributed by atoms with Crippen molar-refractivity contribution in [3.8, 4) is 24.3 Å². The molecule has 0 spiro atoms. The fraction of sp³-hybridized carbons (Fsp3) is 0. The van der Waals surface area contributed by atoms with Gasteiger partial charge in [0.25, 0.3) is 0 Å². The van der Waals surface area contributed by atoms with Crippen molar-refractivity contribution in [1.29, 1.82) is 21.0 Å². The van der Waals surface area contributed by atoms with Crippen molar-refractivity contribution in [2.24, 2.45) is 0 Å². The third kappa shape index (κ3) is 5.05. The molecule has 180 valence electrons. The molecule has 5 rings (SSSR count). The summed E-state index contributed by atoms with van der Waals surface area (Å²) in [5.41, 5.74) is 6.03. The summed E-state index contributed by atoms with van der Waals surface area (Å²) in [5, 5.41) is 40.8. The maximum atomic E-state index is 9.48. The number of hydrogen-bond acceptors (Lipinski definition) is 4. The highest BCUT2D eigenvalue weighted by molar-refractivity contribution is 9.10. The topological polar surface area (TPSA) is 95.2 Å². The van der Waals surface area contributed by atoms with Gasteiger partial charge in [-0.2, -0.15) is 21.0 Å². The van der Waals surface area contributed by atoms with Crippen LogP contribution in [-0.4, -0.2) is 0 Å². The maximum absolute atomic E-state index is 9.48. The second-order valence-electron chi connectivity index (χ2n) is 8.83. The summed E-state index contributed by atoms with van der Waals surface area (Å²) in [4.78, 5) is 0. The molecular weight excluding hydrogens is 544 g/mol. The largest absolute Gasteiger partial charge is 0.192 e. The van der Waals surface area contributed by atoms with Crippen molar-refractivity contribution >= 4 is 61.8 Å². The zero-order chi connectivity index (χ0) is 27.4. The summed E-state index contributed by atoms with van der Waals surface area (Å²) in [6.45, 7) is 0. The second-order valence-corrected chi connectivity index (χ2v) is 9.68. The van der Waals surface area contributed by atoms with E-state index in [4.69, 9.17) is 0 Å². The summed E-state index contributed by atoms with van der Waals surface area (Å²) in [6, 6.07) is 33.1. The molecule has 0 fully saturated rings. The molecule has 39 heavy (non-hydrogen) atoms. The summed E-state index contributed by atoms with van der Waals surface area (Å²) >= 11 is 3.66. The minimum atomic E-state index is 0.539. The van der Waals surface area contributed by atoms with Gasteiger partial charge in [-0.25, -0.2) is 0 Å². The van der Waals surface area contributed by atoms with Crippen LogP contribution in [0, 0.1) is 45.3 Å². The normalized spacial score (nSPS) is 10.9. The van der Waals surface area contributed by atoms with Crippen LogP contribution in [0.4, 0.5) is 0 Å². The number of halogens is 1. The number of nitrogens with zero attached hydrogens (tertiary/aromatic N) is 4. The van der Waals surface area contributed by atoms with E-state index in [1.54, 1.807) is 24.3 Å². The molecule has 0 aliphatic carbocycles. The van der Waals surface area contributed by atoms with Crippen molar-refractivity contribution in [2.75, 3.05) is 0 Å². The first-order valence-corrected chi connectivity index (χ1v) is 12.7. The molecule has 5 aromatic carbocycles. The van der Waals surface area contributed by atoms with Crippen molar-refractivity contribution in [2.45, 2.75) is 0 Å². The lowest BCUT2D eigenvalue weighted by molar-refractivity contribution is 1.48. The SMILES string of the molecule is N#Cc1ccc(C#N)c2cc(C=Cc3ccc(C=Cc4ccc5c(C#N)ccc(C#N)c5c4)c(Br)c3)ccc12. The Morgan fingerprint density at radius 3 is 1.26 bits per heavy atom. The van der Waals surface area contributed by atoms with Gasteiger partial charge >= 0.3 is 0 Å². The van der Waals surface area contributed by atoms with Gasteiger partial charge in [-0.1, -0.05) is 76.6 Å². The average molecular weight is 561 g/mol. The number of fused-ring (bicyclic) bond motifs is 2. The van der Waals surface area contributed by atoms with Crippen LogP contribution in [0.1, 0.15) is 44.5 Å². The van der Waals surface area contributed by atoms with E-state index in [0.29, 0.717) is 22.3 Å². The summed E-state index contributed by atoms with van der Waals surface area (Å²) < 4.78 is 0.926. The van der Waals surface area contributed by atoms with Gasteiger partial charge in [0.1, 0.15) is 0 Å². The van der Waals surface area contributed by atoms with Gasteiger partial charge in [0.15, 0.2) is 0 Å². The fourth-order valence-electron chi connectivity index (χ4n) is 4.49. The lowest BCUT2D eigenvalue weighted by atomic mass is 9.98. The quantitative estimate of drug-likeness (QED) is 0.205. The zero-order valence-electron chi connectivity index (χ0n) is 20.5. The molecule has 0 atom stereocenters. The minimum absolute atomic E-state index is 0.539. The predicted molar refractivity (Wildman–Crippen MR) is 159 cm³/mol. The molecule has 0 heterocycles. The van der Waals surface area contributed by atoms with Gasteiger partial charge in [0.2, 0.25) is 0 Å². The van der Waals surface area contributed by atoms with Crippen LogP contribution in [0.5, 0.6) is 0 Å². The van der Waals surface area contributed by atoms with Crippen LogP contribution in [0.3, 0.4) is 0 Å². The van der Waals surface area contributed by atoms with E-state index in [1.165, 1.54) is 0 Å². The van der Waals surface area contributed by atoms with E-state index in [0.717, 1.165) is 48.3 Å². The Morgan fingerprint density at radius 1 is 0.436 bits per heavy atom. The Hall–Kier alpha value is -5.46. The van der Waals surface area contributed by atoms with Gasteiger partial charge in [-0.3, -0.25) is 0 Å². The van der Waals surface area contributed by atoms with E-state index in [9.17, 15) is 21.0 Å². The molecule has 0 saturated carbocycles. The van der Waals surface area contributed by atoms with Crippen molar-refractivity contribution in [3.05, 3.63) is 128 Å². The van der Waals surface area contributed by atoms with Crippen LogP contribution in [-0.2, 0) is 0 Å². The van der Waals surface area contributed by atoms with E-state index >= 15 is 0 Å². The first-order chi connectivity index (χ1) is 19.0. The van der Waals surface area contributed by atoms with Gasteiger partial charge in [-0.05, 0) is 64.7 Å². The second kappa shape index (κ2) is 10.9. The van der Waals surface area contributed by atoms with Crippen LogP contribution in [0.2, 0.25) is 0 Å². The van der Waals surface area contributed by atoms with Gasteiger partial charge in [0.05, 0.1) is 46.5 Å². The fourth-order valence-corrected chi connectivity index (χ4v) is 5.02. The standard InChI is InChI=1S/C34H17BrN4/c35-34-17-24(2-1-22-5-13-30-26(18-36)9-11-28(20-38)32(30)15-22)4-8-25(34)7-3-23-6-14-31-27(19-37)10-12-29(21-39)33(31)16-23/h1-17H. The molecule has 5 heteroatoms. The molecule has 0 aliphatic heterocycles. The lowest BCUT2D eigenvalue weighted by Crippen LogP contribution is -1.86. The monoisotopic (exact) mass is 560 g/mol. The van der Waals surface area contributed by atoms with E-state index in [2.05, 4.69) is 40.2 Å². The molecule has 0 saturated heterocycles. The Kier molecular flexibility index (Phi) is 7.03. The molecule has 4 nitrogen and oxygen atoms in total. The molecule has 0 radical (unpaired) electrons. The molecule has 5 aromatic rings. The smallest absolute Gasteiger partial charge is 0.0998 e. The highest BCUT2D eigenvalue weighted by atomic mass is 79.9. The first kappa shape index (κ1) is 25.2. The van der Waals surface area contributed by atoms with E-state index < -0.39 is 0 Å². The Labute approximate surface area is 234 Å². The summed E-state index contributed by atoms with van der Waals surface area (Å²) in [6.07, 6.45) is 7.96. The number of benzene rings is 5. The van der Waals surface area contributed by atoms with Crippen LogP contribution < -0.4 is 0 Å². The Bertz CT molecular complexity index is 2020. The third-order valence-corrected chi connectivity index (χ3v) is 7.20. The molecule has 0 N–H and O–H groups in total. The molecule has 0 unspecified atom stereocenters. The van der Waals surface area contributed by atoms with Crippen molar-refractivity contribution in [1.82, 2.24) is 0 Å². The molecule has 0 aliphatic rings. The highest BCUT2D eigenvalue weighted by Crippen LogP contribution is 2.27. The van der Waals surface area contributed by atoms with Gasteiger partial charge in [0, 0.05) is 26.0 Å². The highest BCUT2D eigenvalue weighted by Gasteiger charge is 2.07. The first-order valence-electron chi connectivity index (χ1n) is 11.9. The summed E-state index contributed by atoms with van der Waals surface area (Å²) in [7, 11) is 0. The minimum Gasteiger partial charge on any atom is -0.192 e. The molecular formula is C34H17BrN4. The predicted octanol–water partition coefficient (Wildman–Crippen LogP) is 8.58. The van der Waals surface area contributed by atoms with Gasteiger partial charge in [-0.15, -0.1) is 0 Å². The van der Waals surface area contributed by atoms with Crippen LogP contribution >= 0.6 is 15.9 Å². The van der Waals surface area contributed by atoms with Crippen LogP contribution in [0.15, 0.2) is 83.3 Å². The number of nitriles is 4. The molecule has 0 aromatic heterocycles. The van der Waals surface area contributed by atoms with Crippen LogP contribution in [0.25, 0.3) is 45.8 Å². The van der Waals surface area contributed by atoms with Crippen molar-refractivity contribution < 1.29 is 0 Å². The van der Waals surface area contributed by atoms with Crippen molar-refractivity contribution in [3.63, 3.8) is 0 Å². The zero-order valence-corrected chi connectivity index (χ0v) is 22.1. The van der Waals surface area contributed by atoms with E-state index in [-0.39, 0.29) is 0 Å². The Morgan fingerprint density at radius 2 is 0.821 bits per heavy atom. The van der Waals surface area contributed by atoms with Gasteiger partial charge < -0.3 is 0 Å². The molecule has 0 amide bonds. The lowest BCUT2D eigenvalue weighted by Gasteiger charge is -2.05. The maximum Gasteiger partial charge on any atom is 0.0998 e. The Balaban J connectivity index is 1.40. The molecule has 0 bridgehead atoms.